The Hall–Kier alpha value is -4.52. The largest absolute Gasteiger partial charge is 0.497 e. The number of aromatic nitrogens is 3. The molecule has 0 aliphatic carbocycles. The molecule has 5 atom stereocenters. The highest BCUT2D eigenvalue weighted by atomic mass is 16.5. The third kappa shape index (κ3) is 6.35. The number of aryl methyl sites for hydroxylation is 1. The molecule has 45 heavy (non-hydrogen) atoms. The summed E-state index contributed by atoms with van der Waals surface area (Å²) < 4.78 is 6.96. The van der Waals surface area contributed by atoms with Crippen molar-refractivity contribution in [1.82, 2.24) is 35.4 Å². The monoisotopic (exact) mass is 616 g/mol. The second-order valence-electron chi connectivity index (χ2n) is 12.4. The van der Waals surface area contributed by atoms with Crippen molar-refractivity contribution in [2.45, 2.75) is 69.2 Å². The van der Waals surface area contributed by atoms with Crippen molar-refractivity contribution in [3.05, 3.63) is 53.6 Å². The van der Waals surface area contributed by atoms with Gasteiger partial charge in [-0.1, -0.05) is 23.4 Å². The first-order valence-electron chi connectivity index (χ1n) is 15.6. The molecule has 6 rings (SSSR count). The Kier molecular flexibility index (Phi) is 8.70. The van der Waals surface area contributed by atoms with E-state index in [1.54, 1.807) is 21.6 Å². The summed E-state index contributed by atoms with van der Waals surface area (Å²) in [6.07, 6.45) is 2.82. The number of piperazine rings is 1. The van der Waals surface area contributed by atoms with Crippen LogP contribution in [0.15, 0.2) is 42.5 Å². The summed E-state index contributed by atoms with van der Waals surface area (Å²) in [5.74, 6) is -0.0702. The van der Waals surface area contributed by atoms with E-state index in [1.807, 2.05) is 49.5 Å². The van der Waals surface area contributed by atoms with E-state index in [-0.39, 0.29) is 55.0 Å². The SMILES string of the molecule is COc1ccc(CC2CC(C(=O)NCc3ccc4c(c3)nnn4C)N(C(=O)C(N)CCC(=O)N3C4CCC3C(=O)NC4)C2)cc1. The maximum atomic E-state index is 13.7. The molecular weight excluding hydrogens is 576 g/mol. The number of rotatable bonds is 10. The van der Waals surface area contributed by atoms with Crippen LogP contribution in [0.3, 0.4) is 0 Å². The summed E-state index contributed by atoms with van der Waals surface area (Å²) in [6, 6.07) is 11.4. The Morgan fingerprint density at radius 2 is 1.91 bits per heavy atom. The van der Waals surface area contributed by atoms with Gasteiger partial charge in [0.05, 0.1) is 18.7 Å². The van der Waals surface area contributed by atoms with E-state index in [0.29, 0.717) is 32.4 Å². The van der Waals surface area contributed by atoms with Crippen LogP contribution >= 0.6 is 0 Å². The predicted molar refractivity (Wildman–Crippen MR) is 165 cm³/mol. The minimum Gasteiger partial charge on any atom is -0.497 e. The number of methoxy groups -OCH3 is 1. The number of ether oxygens (including phenoxy) is 1. The smallest absolute Gasteiger partial charge is 0.243 e. The fourth-order valence-electron chi connectivity index (χ4n) is 6.96. The minimum absolute atomic E-state index is 0.00727. The van der Waals surface area contributed by atoms with Crippen molar-refractivity contribution in [2.24, 2.45) is 18.7 Å². The zero-order valence-corrected chi connectivity index (χ0v) is 25.6. The van der Waals surface area contributed by atoms with Gasteiger partial charge in [0.25, 0.3) is 0 Å². The molecule has 4 N–H and O–H groups in total. The number of carbonyl (C=O) groups is 4. The molecule has 5 unspecified atom stereocenters. The predicted octanol–water partition coefficient (Wildman–Crippen LogP) is 0.650. The average Bonchev–Trinajstić information content (AvgIpc) is 3.74. The Balaban J connectivity index is 1.12. The van der Waals surface area contributed by atoms with Crippen molar-refractivity contribution in [3.63, 3.8) is 0 Å². The van der Waals surface area contributed by atoms with Gasteiger partial charge in [-0.3, -0.25) is 19.2 Å². The first-order chi connectivity index (χ1) is 21.7. The number of likely N-dealkylation sites (tertiary alicyclic amines) is 1. The zero-order valence-electron chi connectivity index (χ0n) is 25.6. The highest BCUT2D eigenvalue weighted by Crippen LogP contribution is 2.30. The van der Waals surface area contributed by atoms with Crippen molar-refractivity contribution < 1.29 is 23.9 Å². The first-order valence-corrected chi connectivity index (χ1v) is 15.6. The number of fused-ring (bicyclic) bond motifs is 3. The molecule has 4 heterocycles. The van der Waals surface area contributed by atoms with Gasteiger partial charge in [-0.05, 0) is 73.4 Å². The number of carbonyl (C=O) groups excluding carboxylic acids is 4. The van der Waals surface area contributed by atoms with Crippen LogP contribution < -0.4 is 21.1 Å². The molecule has 0 spiro atoms. The Morgan fingerprint density at radius 1 is 1.13 bits per heavy atom. The van der Waals surface area contributed by atoms with Crippen LogP contribution in [-0.4, -0.2) is 92.8 Å². The molecule has 2 aromatic carbocycles. The minimum atomic E-state index is -0.945. The van der Waals surface area contributed by atoms with E-state index in [4.69, 9.17) is 10.5 Å². The van der Waals surface area contributed by atoms with E-state index in [0.717, 1.165) is 34.3 Å². The topological polar surface area (TPSA) is 165 Å². The maximum absolute atomic E-state index is 13.7. The van der Waals surface area contributed by atoms with Crippen molar-refractivity contribution in [2.75, 3.05) is 20.2 Å². The van der Waals surface area contributed by atoms with Crippen molar-refractivity contribution in [1.29, 1.82) is 0 Å². The summed E-state index contributed by atoms with van der Waals surface area (Å²) in [6.45, 7) is 1.12. The van der Waals surface area contributed by atoms with Gasteiger partial charge in [-0.25, -0.2) is 4.68 Å². The number of nitrogens with two attached hydrogens (primary N) is 1. The van der Waals surface area contributed by atoms with E-state index in [9.17, 15) is 19.2 Å². The molecule has 238 valence electrons. The summed E-state index contributed by atoms with van der Waals surface area (Å²) >= 11 is 0. The average molecular weight is 617 g/mol. The second-order valence-corrected chi connectivity index (χ2v) is 12.4. The van der Waals surface area contributed by atoms with Gasteiger partial charge in [0.1, 0.15) is 23.3 Å². The van der Waals surface area contributed by atoms with Gasteiger partial charge >= 0.3 is 0 Å². The maximum Gasteiger partial charge on any atom is 0.243 e. The molecule has 3 aliphatic rings. The summed E-state index contributed by atoms with van der Waals surface area (Å²) in [7, 11) is 3.44. The molecule has 2 bridgehead atoms. The lowest BCUT2D eigenvalue weighted by Gasteiger charge is -2.34. The summed E-state index contributed by atoms with van der Waals surface area (Å²) in [5.41, 5.74) is 9.98. The van der Waals surface area contributed by atoms with Crippen molar-refractivity contribution >= 4 is 34.7 Å². The molecule has 3 aliphatic heterocycles. The van der Waals surface area contributed by atoms with Gasteiger partial charge in [0.2, 0.25) is 23.6 Å². The molecule has 13 nitrogen and oxygen atoms in total. The Labute approximate surface area is 261 Å². The summed E-state index contributed by atoms with van der Waals surface area (Å²) in [5, 5.41) is 14.0. The lowest BCUT2D eigenvalue weighted by Crippen LogP contribution is -2.57. The normalized spacial score (nSPS) is 23.2. The van der Waals surface area contributed by atoms with E-state index >= 15 is 0 Å². The lowest BCUT2D eigenvalue weighted by molar-refractivity contribution is -0.144. The molecule has 3 saturated heterocycles. The van der Waals surface area contributed by atoms with Gasteiger partial charge in [0.15, 0.2) is 0 Å². The number of amides is 4. The molecule has 3 aromatic rings. The van der Waals surface area contributed by atoms with Gasteiger partial charge in [-0.2, -0.15) is 0 Å². The zero-order chi connectivity index (χ0) is 31.7. The molecule has 0 radical (unpaired) electrons. The number of nitrogens with one attached hydrogen (secondary N) is 2. The number of benzene rings is 2. The fourth-order valence-corrected chi connectivity index (χ4v) is 6.96. The Morgan fingerprint density at radius 3 is 2.69 bits per heavy atom. The van der Waals surface area contributed by atoms with Crippen LogP contribution in [0, 0.1) is 5.92 Å². The third-order valence-corrected chi connectivity index (χ3v) is 9.39. The first kappa shape index (κ1) is 30.5. The molecule has 4 amide bonds. The second kappa shape index (κ2) is 12.8. The van der Waals surface area contributed by atoms with Gasteiger partial charge < -0.3 is 30.9 Å². The van der Waals surface area contributed by atoms with E-state index in [1.165, 1.54) is 0 Å². The highest BCUT2D eigenvalue weighted by molar-refractivity contribution is 5.92. The molecule has 0 saturated carbocycles. The van der Waals surface area contributed by atoms with Crippen LogP contribution in [0.1, 0.15) is 43.2 Å². The third-order valence-electron chi connectivity index (χ3n) is 9.39. The molecular formula is C32H40N8O5. The van der Waals surface area contributed by atoms with Crippen molar-refractivity contribution in [3.8, 4) is 5.75 Å². The van der Waals surface area contributed by atoms with Crippen LogP contribution in [0.25, 0.3) is 11.0 Å². The Bertz CT molecular complexity index is 1590. The van der Waals surface area contributed by atoms with E-state index < -0.39 is 18.1 Å². The standard InChI is InChI=1S/C32H40N8O5/c1-38-26-10-5-20(14-25(26)36-37-38)16-34-31(43)28-15-21(13-19-3-7-23(45-2)8-4-19)18-39(28)32(44)24(33)9-12-29(41)40-22-6-11-27(40)30(42)35-17-22/h3-5,7-8,10,14,21-22,24,27-28H,6,9,11-13,15-18,33H2,1-2H3,(H,34,43)(H,35,42). The number of hydrogen-bond acceptors (Lipinski definition) is 8. The van der Waals surface area contributed by atoms with Crippen LogP contribution in [0.4, 0.5) is 0 Å². The molecule has 1 aromatic heterocycles. The van der Waals surface area contributed by atoms with Crippen LogP contribution in [-0.2, 0) is 39.2 Å². The highest BCUT2D eigenvalue weighted by Gasteiger charge is 2.45. The van der Waals surface area contributed by atoms with E-state index in [2.05, 4.69) is 20.9 Å². The number of nitrogens with zero attached hydrogens (tertiary/aromatic N) is 5. The lowest BCUT2D eigenvalue weighted by atomic mass is 9.96. The number of hydrogen-bond donors (Lipinski definition) is 3. The van der Waals surface area contributed by atoms with Gasteiger partial charge in [0, 0.05) is 39.1 Å². The summed E-state index contributed by atoms with van der Waals surface area (Å²) in [4.78, 5) is 56.0. The van der Waals surface area contributed by atoms with Crippen LogP contribution in [0.2, 0.25) is 0 Å². The molecule has 13 heteroatoms. The van der Waals surface area contributed by atoms with Gasteiger partial charge in [-0.15, -0.1) is 5.10 Å². The quantitative estimate of drug-likeness (QED) is 0.299. The molecule has 3 fully saturated rings. The fraction of sp³-hybridized carbons (Fsp3) is 0.500. The van der Waals surface area contributed by atoms with Crippen LogP contribution in [0.5, 0.6) is 5.75 Å².